The molecule has 1 amide bonds. The van der Waals surface area contributed by atoms with Gasteiger partial charge in [0.25, 0.3) is 0 Å². The van der Waals surface area contributed by atoms with Crippen molar-refractivity contribution in [2.75, 3.05) is 5.32 Å². The SMILES string of the molecule is CC(C)=CC1C(C(=O)Nc2nnc(-c3ccsc3)s2)C1(C)C. The molecule has 1 fully saturated rings. The molecule has 0 aromatic carbocycles. The third kappa shape index (κ3) is 2.85. The molecule has 22 heavy (non-hydrogen) atoms. The van der Waals surface area contributed by atoms with Crippen LogP contribution in [0.3, 0.4) is 0 Å². The molecule has 0 bridgehead atoms. The third-order valence-electron chi connectivity index (χ3n) is 4.13. The predicted octanol–water partition coefficient (Wildman–Crippen LogP) is 4.44. The van der Waals surface area contributed by atoms with Crippen molar-refractivity contribution in [1.82, 2.24) is 10.2 Å². The maximum Gasteiger partial charge on any atom is 0.230 e. The average molecular weight is 333 g/mol. The molecule has 6 heteroatoms. The molecule has 1 saturated carbocycles. The van der Waals surface area contributed by atoms with Crippen LogP contribution >= 0.6 is 22.7 Å². The number of thiophene rings is 1. The number of anilines is 1. The maximum atomic E-state index is 12.5. The first-order valence-electron chi connectivity index (χ1n) is 7.21. The molecule has 0 radical (unpaired) electrons. The summed E-state index contributed by atoms with van der Waals surface area (Å²) in [5, 5.41) is 16.6. The van der Waals surface area contributed by atoms with Crippen molar-refractivity contribution in [3.8, 4) is 10.6 Å². The number of nitrogens with one attached hydrogen (secondary N) is 1. The second-order valence-corrected chi connectivity index (χ2v) is 8.24. The summed E-state index contributed by atoms with van der Waals surface area (Å²) >= 11 is 3.04. The highest BCUT2D eigenvalue weighted by Gasteiger charge is 2.60. The predicted molar refractivity (Wildman–Crippen MR) is 92.0 cm³/mol. The summed E-state index contributed by atoms with van der Waals surface area (Å²) in [5.41, 5.74) is 2.32. The highest BCUT2D eigenvalue weighted by atomic mass is 32.1. The van der Waals surface area contributed by atoms with E-state index in [0.29, 0.717) is 11.0 Å². The first-order valence-corrected chi connectivity index (χ1v) is 8.97. The average Bonchev–Trinajstić information content (AvgIpc) is 2.90. The van der Waals surface area contributed by atoms with Gasteiger partial charge in [-0.05, 0) is 36.6 Å². The first-order chi connectivity index (χ1) is 10.4. The monoisotopic (exact) mass is 333 g/mol. The van der Waals surface area contributed by atoms with Crippen LogP contribution in [0.4, 0.5) is 5.13 Å². The lowest BCUT2D eigenvalue weighted by Crippen LogP contribution is -2.16. The number of carbonyl (C=O) groups excluding carboxylic acids is 1. The van der Waals surface area contributed by atoms with Gasteiger partial charge in [-0.2, -0.15) is 11.3 Å². The number of amides is 1. The van der Waals surface area contributed by atoms with Crippen LogP contribution in [0.25, 0.3) is 10.6 Å². The van der Waals surface area contributed by atoms with E-state index in [1.54, 1.807) is 11.3 Å². The highest BCUT2D eigenvalue weighted by molar-refractivity contribution is 7.19. The molecule has 0 saturated heterocycles. The summed E-state index contributed by atoms with van der Waals surface area (Å²) in [7, 11) is 0. The molecule has 1 aliphatic rings. The molecule has 1 N–H and O–H groups in total. The highest BCUT2D eigenvalue weighted by Crippen LogP contribution is 2.59. The van der Waals surface area contributed by atoms with E-state index < -0.39 is 0 Å². The Bertz CT molecular complexity index is 712. The van der Waals surface area contributed by atoms with Crippen molar-refractivity contribution in [2.24, 2.45) is 17.3 Å². The van der Waals surface area contributed by atoms with Gasteiger partial charge in [0.05, 0.1) is 5.92 Å². The van der Waals surface area contributed by atoms with E-state index in [0.717, 1.165) is 10.6 Å². The molecule has 2 aromatic rings. The molecule has 2 atom stereocenters. The van der Waals surface area contributed by atoms with E-state index in [1.165, 1.54) is 16.9 Å². The summed E-state index contributed by atoms with van der Waals surface area (Å²) < 4.78 is 0. The van der Waals surface area contributed by atoms with Gasteiger partial charge in [0, 0.05) is 10.9 Å². The minimum absolute atomic E-state index is 0.0101. The number of nitrogens with zero attached hydrogens (tertiary/aromatic N) is 2. The zero-order valence-electron chi connectivity index (χ0n) is 13.1. The molecule has 2 unspecified atom stereocenters. The van der Waals surface area contributed by atoms with Crippen LogP contribution in [0.2, 0.25) is 0 Å². The first kappa shape index (κ1) is 15.4. The summed E-state index contributed by atoms with van der Waals surface area (Å²) in [5.74, 6) is 0.359. The lowest BCUT2D eigenvalue weighted by Gasteiger charge is -2.01. The normalized spacial score (nSPS) is 22.2. The molecule has 0 spiro atoms. The Morgan fingerprint density at radius 2 is 2.14 bits per heavy atom. The second kappa shape index (κ2) is 5.59. The zero-order chi connectivity index (χ0) is 15.9. The van der Waals surface area contributed by atoms with Gasteiger partial charge >= 0.3 is 0 Å². The van der Waals surface area contributed by atoms with Crippen LogP contribution < -0.4 is 5.32 Å². The summed E-state index contributed by atoms with van der Waals surface area (Å²) in [6.45, 7) is 8.42. The van der Waals surface area contributed by atoms with Gasteiger partial charge in [0.1, 0.15) is 5.01 Å². The van der Waals surface area contributed by atoms with Crippen LogP contribution in [-0.4, -0.2) is 16.1 Å². The van der Waals surface area contributed by atoms with Gasteiger partial charge in [-0.25, -0.2) is 0 Å². The van der Waals surface area contributed by atoms with E-state index >= 15 is 0 Å². The molecule has 3 rings (SSSR count). The summed E-state index contributed by atoms with van der Waals surface area (Å²) in [6.07, 6.45) is 2.20. The third-order valence-corrected chi connectivity index (χ3v) is 5.70. The van der Waals surface area contributed by atoms with E-state index in [9.17, 15) is 4.79 Å². The molecular formula is C16H19N3OS2. The van der Waals surface area contributed by atoms with Crippen LogP contribution in [0.15, 0.2) is 28.5 Å². The van der Waals surface area contributed by atoms with Crippen molar-refractivity contribution in [3.05, 3.63) is 28.5 Å². The molecule has 2 aromatic heterocycles. The lowest BCUT2D eigenvalue weighted by atomic mass is 10.1. The number of carbonyl (C=O) groups is 1. The molecule has 0 aliphatic heterocycles. The standard InChI is InChI=1S/C16H19N3OS2/c1-9(2)7-11-12(16(11,3)4)13(20)17-15-19-18-14(22-15)10-5-6-21-8-10/h5-8,11-12H,1-4H3,(H,17,19,20). The second-order valence-electron chi connectivity index (χ2n) is 6.48. The van der Waals surface area contributed by atoms with Crippen molar-refractivity contribution in [3.63, 3.8) is 0 Å². The number of hydrogen-bond donors (Lipinski definition) is 1. The van der Waals surface area contributed by atoms with Crippen LogP contribution in [0.1, 0.15) is 27.7 Å². The van der Waals surface area contributed by atoms with Crippen molar-refractivity contribution in [1.29, 1.82) is 0 Å². The Morgan fingerprint density at radius 3 is 2.77 bits per heavy atom. The van der Waals surface area contributed by atoms with E-state index in [4.69, 9.17) is 0 Å². The van der Waals surface area contributed by atoms with Crippen molar-refractivity contribution in [2.45, 2.75) is 27.7 Å². The van der Waals surface area contributed by atoms with E-state index in [-0.39, 0.29) is 17.2 Å². The maximum absolute atomic E-state index is 12.5. The van der Waals surface area contributed by atoms with Crippen LogP contribution in [0, 0.1) is 17.3 Å². The van der Waals surface area contributed by atoms with Crippen molar-refractivity contribution < 1.29 is 4.79 Å². The Kier molecular flexibility index (Phi) is 3.91. The fraction of sp³-hybridized carbons (Fsp3) is 0.438. The Labute approximate surface area is 138 Å². The van der Waals surface area contributed by atoms with Crippen LogP contribution in [-0.2, 0) is 4.79 Å². The van der Waals surface area contributed by atoms with Crippen molar-refractivity contribution >= 4 is 33.7 Å². The minimum Gasteiger partial charge on any atom is -0.300 e. The molecule has 4 nitrogen and oxygen atoms in total. The van der Waals surface area contributed by atoms with Crippen LogP contribution in [0.5, 0.6) is 0 Å². The van der Waals surface area contributed by atoms with Gasteiger partial charge in [-0.3, -0.25) is 4.79 Å². The Balaban J connectivity index is 1.69. The number of allylic oxidation sites excluding steroid dienone is 2. The Hall–Kier alpha value is -1.53. The molecule has 116 valence electrons. The van der Waals surface area contributed by atoms with E-state index in [1.807, 2.05) is 16.8 Å². The summed E-state index contributed by atoms with van der Waals surface area (Å²) in [6, 6.07) is 2.01. The number of hydrogen-bond acceptors (Lipinski definition) is 5. The van der Waals surface area contributed by atoms with Gasteiger partial charge in [0.15, 0.2) is 0 Å². The quantitative estimate of drug-likeness (QED) is 0.841. The largest absolute Gasteiger partial charge is 0.300 e. The van der Waals surface area contributed by atoms with Gasteiger partial charge < -0.3 is 5.32 Å². The number of aromatic nitrogens is 2. The van der Waals surface area contributed by atoms with Gasteiger partial charge in [0.2, 0.25) is 11.0 Å². The summed E-state index contributed by atoms with van der Waals surface area (Å²) in [4.78, 5) is 12.5. The zero-order valence-corrected chi connectivity index (χ0v) is 14.7. The Morgan fingerprint density at radius 1 is 1.36 bits per heavy atom. The molecule has 2 heterocycles. The minimum atomic E-state index is 0.0101. The topological polar surface area (TPSA) is 54.9 Å². The molecular weight excluding hydrogens is 314 g/mol. The van der Waals surface area contributed by atoms with Gasteiger partial charge in [-0.1, -0.05) is 36.8 Å². The fourth-order valence-corrected chi connectivity index (χ4v) is 4.27. The smallest absolute Gasteiger partial charge is 0.230 e. The van der Waals surface area contributed by atoms with Gasteiger partial charge in [-0.15, -0.1) is 10.2 Å². The number of rotatable bonds is 4. The lowest BCUT2D eigenvalue weighted by molar-refractivity contribution is -0.118. The van der Waals surface area contributed by atoms with E-state index in [2.05, 4.69) is 49.3 Å². The fourth-order valence-electron chi connectivity index (χ4n) is 2.81. The molecule has 1 aliphatic carbocycles.